The van der Waals surface area contributed by atoms with Crippen LogP contribution in [-0.4, -0.2) is 47.6 Å². The highest BCUT2D eigenvalue weighted by Crippen LogP contribution is 2.18. The number of aliphatic imine (C=N–C) groups is 1. The van der Waals surface area contributed by atoms with Crippen LogP contribution in [0.4, 0.5) is 0 Å². The van der Waals surface area contributed by atoms with Crippen LogP contribution in [-0.2, 0) is 22.6 Å². The van der Waals surface area contributed by atoms with Crippen molar-refractivity contribution in [3.8, 4) is 0 Å². The van der Waals surface area contributed by atoms with Gasteiger partial charge in [-0.2, -0.15) is 0 Å². The van der Waals surface area contributed by atoms with Crippen molar-refractivity contribution in [3.05, 3.63) is 70.1 Å². The molecule has 1 aliphatic heterocycles. The fraction of sp³-hybridized carbons (Fsp3) is 0.458. The number of hydrogen-bond acceptors (Lipinski definition) is 4. The third-order valence-electron chi connectivity index (χ3n) is 5.36. The molecule has 1 aromatic carbocycles. The van der Waals surface area contributed by atoms with Gasteiger partial charge in [-0.1, -0.05) is 30.3 Å². The number of guanidine groups is 1. The topological polar surface area (TPSA) is 75.9 Å². The van der Waals surface area contributed by atoms with Gasteiger partial charge in [0.25, 0.3) is 5.56 Å². The molecule has 3 rings (SSSR count). The summed E-state index contributed by atoms with van der Waals surface area (Å²) in [6, 6.07) is 13.4. The minimum atomic E-state index is -0.115. The highest BCUT2D eigenvalue weighted by Gasteiger charge is 2.28. The summed E-state index contributed by atoms with van der Waals surface area (Å²) in [5.74, 6) is 0.616. The average Bonchev–Trinajstić information content (AvgIpc) is 2.79. The third kappa shape index (κ3) is 7.36. The highest BCUT2D eigenvalue weighted by molar-refractivity contribution is 14.0. The van der Waals surface area contributed by atoms with Crippen molar-refractivity contribution in [2.75, 3.05) is 26.2 Å². The molecule has 1 aliphatic rings. The van der Waals surface area contributed by atoms with Crippen LogP contribution in [0.3, 0.4) is 0 Å². The maximum absolute atomic E-state index is 12.2. The van der Waals surface area contributed by atoms with E-state index in [-0.39, 0.29) is 41.4 Å². The monoisotopic (exact) mass is 552 g/mol. The van der Waals surface area contributed by atoms with Crippen LogP contribution in [0.5, 0.6) is 0 Å². The van der Waals surface area contributed by atoms with Gasteiger partial charge in [0.1, 0.15) is 0 Å². The van der Waals surface area contributed by atoms with Crippen LogP contribution in [0, 0.1) is 5.92 Å². The molecule has 0 saturated carbocycles. The molecule has 0 aliphatic carbocycles. The molecule has 1 N–H and O–H groups in total. The number of aromatic nitrogens is 1. The van der Waals surface area contributed by atoms with Gasteiger partial charge in [0.2, 0.25) is 0 Å². The first-order valence-electron chi connectivity index (χ1n) is 11.0. The smallest absolute Gasteiger partial charge is 0.310 e. The number of benzene rings is 1. The first-order chi connectivity index (χ1) is 15.1. The normalized spacial score (nSPS) is 16.2. The Balaban J connectivity index is 0.00000363. The summed E-state index contributed by atoms with van der Waals surface area (Å²) in [6.45, 7) is 7.68. The lowest BCUT2D eigenvalue weighted by Crippen LogP contribution is -2.48. The maximum atomic E-state index is 12.2. The van der Waals surface area contributed by atoms with Gasteiger partial charge in [-0.3, -0.25) is 9.59 Å². The number of carbonyl (C=O) groups is 1. The van der Waals surface area contributed by atoms with Crippen LogP contribution in [0.25, 0.3) is 0 Å². The van der Waals surface area contributed by atoms with Gasteiger partial charge in [-0.15, -0.1) is 24.0 Å². The SMILES string of the molecule is CCNC(=NCc1ccc(Cn2ccccc2=O)cc1)N1CCCC(C(=O)OCC)C1.I. The first-order valence-corrected chi connectivity index (χ1v) is 11.0. The summed E-state index contributed by atoms with van der Waals surface area (Å²) in [5, 5.41) is 3.35. The molecule has 0 bridgehead atoms. The Morgan fingerprint density at radius 2 is 1.91 bits per heavy atom. The van der Waals surface area contributed by atoms with Crippen LogP contribution < -0.4 is 10.9 Å². The zero-order valence-corrected chi connectivity index (χ0v) is 21.2. The number of hydrogen-bond donors (Lipinski definition) is 1. The number of carbonyl (C=O) groups excluding carboxylic acids is 1. The molecule has 1 unspecified atom stereocenters. The molecule has 174 valence electrons. The van der Waals surface area contributed by atoms with E-state index in [1.54, 1.807) is 22.9 Å². The molecule has 1 saturated heterocycles. The molecular formula is C24H33IN4O3. The van der Waals surface area contributed by atoms with Crippen LogP contribution >= 0.6 is 24.0 Å². The molecule has 7 nitrogen and oxygen atoms in total. The maximum Gasteiger partial charge on any atom is 0.310 e. The number of esters is 1. The quantitative estimate of drug-likeness (QED) is 0.247. The van der Waals surface area contributed by atoms with Crippen molar-refractivity contribution < 1.29 is 9.53 Å². The summed E-state index contributed by atoms with van der Waals surface area (Å²) in [4.78, 5) is 31.0. The number of nitrogens with zero attached hydrogens (tertiary/aromatic N) is 3. The van der Waals surface area contributed by atoms with E-state index in [0.717, 1.165) is 43.0 Å². The van der Waals surface area contributed by atoms with Gasteiger partial charge in [0, 0.05) is 31.9 Å². The molecule has 32 heavy (non-hydrogen) atoms. The van der Waals surface area contributed by atoms with E-state index in [1.165, 1.54) is 0 Å². The number of likely N-dealkylation sites (tertiary alicyclic amines) is 1. The minimum Gasteiger partial charge on any atom is -0.466 e. The molecule has 0 radical (unpaired) electrons. The van der Waals surface area contributed by atoms with Gasteiger partial charge >= 0.3 is 5.97 Å². The van der Waals surface area contributed by atoms with Gasteiger partial charge in [-0.05, 0) is 43.9 Å². The van der Waals surface area contributed by atoms with E-state index in [4.69, 9.17) is 9.73 Å². The largest absolute Gasteiger partial charge is 0.466 e. The molecular weight excluding hydrogens is 519 g/mol. The van der Waals surface area contributed by atoms with Gasteiger partial charge in [0.15, 0.2) is 5.96 Å². The summed E-state index contributed by atoms with van der Waals surface area (Å²) in [7, 11) is 0. The fourth-order valence-electron chi connectivity index (χ4n) is 3.75. The van der Waals surface area contributed by atoms with E-state index >= 15 is 0 Å². The van der Waals surface area contributed by atoms with Crippen molar-refractivity contribution in [1.29, 1.82) is 0 Å². The summed E-state index contributed by atoms with van der Waals surface area (Å²) >= 11 is 0. The molecule has 8 heteroatoms. The van der Waals surface area contributed by atoms with Gasteiger partial charge in [0.05, 0.1) is 25.6 Å². The summed E-state index contributed by atoms with van der Waals surface area (Å²) in [6.07, 6.45) is 3.60. The molecule has 1 fully saturated rings. The third-order valence-corrected chi connectivity index (χ3v) is 5.36. The summed E-state index contributed by atoms with van der Waals surface area (Å²) in [5.41, 5.74) is 2.16. The Kier molecular flexibility index (Phi) is 10.7. The molecule has 2 heterocycles. The van der Waals surface area contributed by atoms with E-state index in [1.807, 2.05) is 44.2 Å². The van der Waals surface area contributed by atoms with E-state index in [2.05, 4.69) is 10.2 Å². The lowest BCUT2D eigenvalue weighted by atomic mass is 9.98. The highest BCUT2D eigenvalue weighted by atomic mass is 127. The van der Waals surface area contributed by atoms with E-state index in [9.17, 15) is 9.59 Å². The van der Waals surface area contributed by atoms with Crippen molar-refractivity contribution in [1.82, 2.24) is 14.8 Å². The van der Waals surface area contributed by atoms with E-state index < -0.39 is 0 Å². The number of rotatable bonds is 7. The number of piperidine rings is 1. The van der Waals surface area contributed by atoms with Crippen molar-refractivity contribution in [2.45, 2.75) is 39.8 Å². The second-order valence-electron chi connectivity index (χ2n) is 7.69. The summed E-state index contributed by atoms with van der Waals surface area (Å²) < 4.78 is 6.90. The predicted octanol–water partition coefficient (Wildman–Crippen LogP) is 3.26. The van der Waals surface area contributed by atoms with Crippen molar-refractivity contribution >= 4 is 35.9 Å². The Morgan fingerprint density at radius 3 is 2.59 bits per heavy atom. The van der Waals surface area contributed by atoms with Crippen molar-refractivity contribution in [3.63, 3.8) is 0 Å². The van der Waals surface area contributed by atoms with Crippen LogP contribution in [0.15, 0.2) is 58.4 Å². The molecule has 0 amide bonds. The van der Waals surface area contributed by atoms with E-state index in [0.29, 0.717) is 26.2 Å². The van der Waals surface area contributed by atoms with Crippen LogP contribution in [0.1, 0.15) is 37.8 Å². The standard InChI is InChI=1S/C24H32N4O3.HI/c1-3-25-24(28-15-7-8-21(18-28)23(30)31-4-2)26-16-19-10-12-20(13-11-19)17-27-14-6-5-9-22(27)29;/h5-6,9-14,21H,3-4,7-8,15-18H2,1-2H3,(H,25,26);1H. The second kappa shape index (κ2) is 13.2. The zero-order valence-electron chi connectivity index (χ0n) is 18.8. The Labute approximate surface area is 206 Å². The molecule has 1 atom stereocenters. The average molecular weight is 552 g/mol. The minimum absolute atomic E-state index is 0. The molecule has 0 spiro atoms. The number of pyridine rings is 1. The fourth-order valence-corrected chi connectivity index (χ4v) is 3.75. The number of halogens is 1. The molecule has 1 aromatic heterocycles. The Hall–Kier alpha value is -2.36. The van der Waals surface area contributed by atoms with Gasteiger partial charge < -0.3 is 19.5 Å². The number of ether oxygens (including phenoxy) is 1. The Bertz CT molecular complexity index is 943. The second-order valence-corrected chi connectivity index (χ2v) is 7.69. The Morgan fingerprint density at radius 1 is 1.16 bits per heavy atom. The first kappa shape index (κ1) is 25.9. The number of nitrogens with one attached hydrogen (secondary N) is 1. The zero-order chi connectivity index (χ0) is 22.1. The van der Waals surface area contributed by atoms with Gasteiger partial charge in [-0.25, -0.2) is 4.99 Å². The predicted molar refractivity (Wildman–Crippen MR) is 137 cm³/mol. The van der Waals surface area contributed by atoms with Crippen LogP contribution in [0.2, 0.25) is 0 Å². The lowest BCUT2D eigenvalue weighted by molar-refractivity contribution is -0.149. The van der Waals surface area contributed by atoms with Crippen molar-refractivity contribution in [2.24, 2.45) is 10.9 Å². The molecule has 2 aromatic rings. The lowest BCUT2D eigenvalue weighted by Gasteiger charge is -2.34.